The van der Waals surface area contributed by atoms with Crippen molar-refractivity contribution in [2.24, 2.45) is 7.05 Å². The van der Waals surface area contributed by atoms with Crippen LogP contribution in [0.1, 0.15) is 39.8 Å². The summed E-state index contributed by atoms with van der Waals surface area (Å²) in [5, 5.41) is 6.49. The zero-order chi connectivity index (χ0) is 19.8. The second kappa shape index (κ2) is 7.06. The van der Waals surface area contributed by atoms with Crippen LogP contribution in [0.4, 0.5) is 13.2 Å². The summed E-state index contributed by atoms with van der Waals surface area (Å²) in [7, 11) is 1.28. The van der Waals surface area contributed by atoms with E-state index in [1.807, 2.05) is 13.0 Å². The summed E-state index contributed by atoms with van der Waals surface area (Å²) in [6.45, 7) is 3.53. The van der Waals surface area contributed by atoms with E-state index in [1.54, 1.807) is 19.2 Å². The zero-order valence-corrected chi connectivity index (χ0v) is 15.4. The van der Waals surface area contributed by atoms with E-state index in [0.29, 0.717) is 16.9 Å². The number of aryl methyl sites for hydroxylation is 2. The third-order valence-electron chi connectivity index (χ3n) is 3.72. The highest BCUT2D eigenvalue weighted by molar-refractivity contribution is 7.05. The number of carbonyl (C=O) groups is 1. The second-order valence-corrected chi connectivity index (χ2v) is 6.66. The lowest BCUT2D eigenvalue weighted by atomic mass is 10.2. The molecule has 0 saturated heterocycles. The number of hydrogen-bond donors (Lipinski definition) is 1. The van der Waals surface area contributed by atoms with Crippen molar-refractivity contribution in [2.75, 3.05) is 0 Å². The Morgan fingerprint density at radius 1 is 1.33 bits per heavy atom. The molecule has 7 nitrogen and oxygen atoms in total. The van der Waals surface area contributed by atoms with Crippen LogP contribution in [0.3, 0.4) is 0 Å². The van der Waals surface area contributed by atoms with Crippen molar-refractivity contribution in [2.45, 2.75) is 26.1 Å². The summed E-state index contributed by atoms with van der Waals surface area (Å²) in [4.78, 5) is 20.8. The third-order valence-corrected chi connectivity index (χ3v) is 4.61. The highest BCUT2D eigenvalue weighted by Gasteiger charge is 2.35. The molecule has 142 valence electrons. The monoisotopic (exact) mass is 396 g/mol. The molecule has 3 heterocycles. The molecule has 0 spiro atoms. The maximum Gasteiger partial charge on any atom is 0.435 e. The average Bonchev–Trinajstić information content (AvgIpc) is 3.21. The lowest BCUT2D eigenvalue weighted by Gasteiger charge is -2.10. The van der Waals surface area contributed by atoms with Crippen LogP contribution in [0.5, 0.6) is 0 Å². The number of halogens is 3. The predicted octanol–water partition coefficient (Wildman–Crippen LogP) is 3.15. The first kappa shape index (κ1) is 19.0. The van der Waals surface area contributed by atoms with Crippen LogP contribution in [0.25, 0.3) is 11.4 Å². The number of alkyl halides is 3. The molecule has 1 amide bonds. The fourth-order valence-corrected chi connectivity index (χ4v) is 3.03. The molecule has 3 rings (SSSR count). The SMILES string of the molecule is Cc1cc(-c2nsc([C@@H](C)NC(=O)c3cc(C(F)(F)F)nn3C)n2)ccn1. The average molecular weight is 396 g/mol. The van der Waals surface area contributed by atoms with Crippen LogP contribution in [0.2, 0.25) is 0 Å². The van der Waals surface area contributed by atoms with Gasteiger partial charge < -0.3 is 5.32 Å². The van der Waals surface area contributed by atoms with Gasteiger partial charge in [0.15, 0.2) is 11.5 Å². The van der Waals surface area contributed by atoms with Crippen LogP contribution in [-0.4, -0.2) is 30.0 Å². The molecule has 0 aliphatic rings. The highest BCUT2D eigenvalue weighted by atomic mass is 32.1. The van der Waals surface area contributed by atoms with E-state index in [9.17, 15) is 18.0 Å². The van der Waals surface area contributed by atoms with E-state index >= 15 is 0 Å². The van der Waals surface area contributed by atoms with Gasteiger partial charge in [0.25, 0.3) is 5.91 Å². The molecule has 0 saturated carbocycles. The number of aromatic nitrogens is 5. The molecule has 1 N–H and O–H groups in total. The van der Waals surface area contributed by atoms with Crippen LogP contribution in [0, 0.1) is 6.92 Å². The molecule has 0 bridgehead atoms. The van der Waals surface area contributed by atoms with Gasteiger partial charge in [-0.05, 0) is 37.5 Å². The molecule has 0 aromatic carbocycles. The van der Waals surface area contributed by atoms with Crippen molar-refractivity contribution in [3.8, 4) is 11.4 Å². The van der Waals surface area contributed by atoms with Crippen LogP contribution in [-0.2, 0) is 13.2 Å². The highest BCUT2D eigenvalue weighted by Crippen LogP contribution is 2.28. The fraction of sp³-hybridized carbons (Fsp3) is 0.312. The minimum atomic E-state index is -4.61. The molecular formula is C16H15F3N6OS. The van der Waals surface area contributed by atoms with Crippen LogP contribution < -0.4 is 5.32 Å². The number of nitrogens with one attached hydrogen (secondary N) is 1. The summed E-state index contributed by atoms with van der Waals surface area (Å²) in [6.07, 6.45) is -2.96. The molecule has 11 heteroatoms. The number of carbonyl (C=O) groups excluding carboxylic acids is 1. The zero-order valence-electron chi connectivity index (χ0n) is 14.6. The lowest BCUT2D eigenvalue weighted by Crippen LogP contribution is -2.28. The first-order chi connectivity index (χ1) is 12.6. The molecule has 0 aliphatic heterocycles. The van der Waals surface area contributed by atoms with Gasteiger partial charge in [0.2, 0.25) is 0 Å². The van der Waals surface area contributed by atoms with Gasteiger partial charge in [-0.25, -0.2) is 4.98 Å². The Bertz CT molecular complexity index is 981. The molecule has 0 aliphatic carbocycles. The quantitative estimate of drug-likeness (QED) is 0.732. The summed E-state index contributed by atoms with van der Waals surface area (Å²) >= 11 is 1.11. The van der Waals surface area contributed by atoms with E-state index in [4.69, 9.17) is 0 Å². The van der Waals surface area contributed by atoms with E-state index in [2.05, 4.69) is 24.8 Å². The minimum absolute atomic E-state index is 0.191. The third kappa shape index (κ3) is 4.13. The number of rotatable bonds is 4. The fourth-order valence-electron chi connectivity index (χ4n) is 2.36. The lowest BCUT2D eigenvalue weighted by molar-refractivity contribution is -0.141. The van der Waals surface area contributed by atoms with Crippen molar-refractivity contribution in [1.82, 2.24) is 29.4 Å². The second-order valence-electron chi connectivity index (χ2n) is 5.87. The van der Waals surface area contributed by atoms with Gasteiger partial charge in [-0.3, -0.25) is 14.5 Å². The molecule has 3 aromatic rings. The number of hydrogen-bond acceptors (Lipinski definition) is 6. The van der Waals surface area contributed by atoms with Crippen molar-refractivity contribution < 1.29 is 18.0 Å². The largest absolute Gasteiger partial charge is 0.435 e. The summed E-state index contributed by atoms with van der Waals surface area (Å²) in [6, 6.07) is 3.79. The van der Waals surface area contributed by atoms with E-state index in [-0.39, 0.29) is 5.69 Å². The first-order valence-corrected chi connectivity index (χ1v) is 8.61. The van der Waals surface area contributed by atoms with Gasteiger partial charge in [0.1, 0.15) is 10.7 Å². The number of nitrogens with zero attached hydrogens (tertiary/aromatic N) is 5. The molecule has 0 unspecified atom stereocenters. The number of pyridine rings is 1. The van der Waals surface area contributed by atoms with Crippen molar-refractivity contribution in [3.05, 3.63) is 46.5 Å². The number of amides is 1. The minimum Gasteiger partial charge on any atom is -0.342 e. The molecular weight excluding hydrogens is 381 g/mol. The summed E-state index contributed by atoms with van der Waals surface area (Å²) in [5.41, 5.74) is 0.310. The predicted molar refractivity (Wildman–Crippen MR) is 92.0 cm³/mol. The smallest absolute Gasteiger partial charge is 0.342 e. The Morgan fingerprint density at radius 3 is 2.70 bits per heavy atom. The molecule has 0 fully saturated rings. The van der Waals surface area contributed by atoms with Gasteiger partial charge in [-0.15, -0.1) is 0 Å². The topological polar surface area (TPSA) is 85.6 Å². The van der Waals surface area contributed by atoms with Gasteiger partial charge in [-0.1, -0.05) is 0 Å². The van der Waals surface area contributed by atoms with Gasteiger partial charge >= 0.3 is 6.18 Å². The summed E-state index contributed by atoms with van der Waals surface area (Å²) in [5.74, 6) is -0.175. The molecule has 27 heavy (non-hydrogen) atoms. The van der Waals surface area contributed by atoms with Crippen molar-refractivity contribution in [3.63, 3.8) is 0 Å². The molecule has 0 radical (unpaired) electrons. The maximum absolute atomic E-state index is 12.7. The van der Waals surface area contributed by atoms with Crippen molar-refractivity contribution >= 4 is 17.4 Å². The maximum atomic E-state index is 12.7. The van der Waals surface area contributed by atoms with Gasteiger partial charge in [0.05, 0.1) is 6.04 Å². The molecule has 3 aromatic heterocycles. The Balaban J connectivity index is 1.75. The van der Waals surface area contributed by atoms with E-state index in [1.165, 1.54) is 7.05 Å². The first-order valence-electron chi connectivity index (χ1n) is 7.84. The Hall–Kier alpha value is -2.82. The Labute approximate surface area is 156 Å². The van der Waals surface area contributed by atoms with E-state index < -0.39 is 23.8 Å². The Morgan fingerprint density at radius 2 is 2.07 bits per heavy atom. The normalized spacial score (nSPS) is 12.8. The van der Waals surface area contributed by atoms with Gasteiger partial charge in [-0.2, -0.15) is 22.6 Å². The van der Waals surface area contributed by atoms with Crippen LogP contribution in [0.15, 0.2) is 24.4 Å². The Kier molecular flexibility index (Phi) is 4.96. The van der Waals surface area contributed by atoms with Gasteiger partial charge in [0, 0.05) is 30.6 Å². The summed E-state index contributed by atoms with van der Waals surface area (Å²) < 4.78 is 43.4. The van der Waals surface area contributed by atoms with Crippen LogP contribution >= 0.6 is 11.5 Å². The molecule has 1 atom stereocenters. The van der Waals surface area contributed by atoms with E-state index in [0.717, 1.165) is 27.5 Å². The standard InChI is InChI=1S/C16H15F3N6OS/c1-8-6-10(4-5-20-8)13-22-15(27-24-13)9(2)21-14(26)11-7-12(16(17,18)19)23-25(11)3/h4-7,9H,1-3H3,(H,21,26)/t9-/m1/s1. The van der Waals surface area contributed by atoms with Crippen molar-refractivity contribution in [1.29, 1.82) is 0 Å².